The fraction of sp³-hybridized carbons (Fsp3) is 0.600. The Morgan fingerprint density at radius 3 is 2.71 bits per heavy atom. The van der Waals surface area contributed by atoms with Crippen LogP contribution in [0.15, 0.2) is 22.4 Å². The van der Waals surface area contributed by atoms with Gasteiger partial charge < -0.3 is 10.6 Å². The minimum absolute atomic E-state index is 0.424. The predicted molar refractivity (Wildman–Crippen MR) is 88.2 cm³/mol. The Labute approximate surface area is 131 Å². The molecule has 0 bridgehead atoms. The molecule has 2 heterocycles. The lowest BCUT2D eigenvalue weighted by molar-refractivity contribution is 0.147. The monoisotopic (exact) mass is 309 g/mol. The first-order valence-corrected chi connectivity index (χ1v) is 7.80. The van der Waals surface area contributed by atoms with E-state index < -0.39 is 0 Å². The number of rotatable bonds is 4. The first-order valence-electron chi connectivity index (χ1n) is 7.42. The number of likely N-dealkylation sites (tertiary alicyclic amines) is 1. The second-order valence-corrected chi connectivity index (χ2v) is 6.19. The van der Waals surface area contributed by atoms with E-state index in [1.807, 2.05) is 13.1 Å². The highest BCUT2D eigenvalue weighted by molar-refractivity contribution is 6.39. The van der Waals surface area contributed by atoms with E-state index in [1.165, 1.54) is 6.20 Å². The minimum atomic E-state index is 0.424. The molecule has 0 saturated carbocycles. The summed E-state index contributed by atoms with van der Waals surface area (Å²) in [5, 5.41) is 5.02. The quantitative estimate of drug-likeness (QED) is 0.870. The molecule has 1 aromatic heterocycles. The van der Waals surface area contributed by atoms with Crippen molar-refractivity contribution in [3.8, 4) is 0 Å². The number of hydrogen-bond donors (Lipinski definition) is 1. The normalized spacial score (nSPS) is 19.0. The number of hydrogen-bond acceptors (Lipinski definition) is 4. The fourth-order valence-corrected chi connectivity index (χ4v) is 2.68. The van der Waals surface area contributed by atoms with Crippen molar-refractivity contribution in [3.63, 3.8) is 0 Å². The van der Waals surface area contributed by atoms with Crippen molar-refractivity contribution in [2.75, 3.05) is 13.1 Å². The van der Waals surface area contributed by atoms with Crippen molar-refractivity contribution >= 4 is 23.5 Å². The SMILES string of the molecule is Cc1nn(C2CCN(C(C)C)CC2)cc1N=C/C(Cl)=C/N. The lowest BCUT2D eigenvalue weighted by Gasteiger charge is -2.34. The molecular weight excluding hydrogens is 286 g/mol. The van der Waals surface area contributed by atoms with E-state index in [0.29, 0.717) is 17.1 Å². The van der Waals surface area contributed by atoms with Gasteiger partial charge in [0.05, 0.1) is 23.0 Å². The lowest BCUT2D eigenvalue weighted by atomic mass is 10.0. The van der Waals surface area contributed by atoms with Gasteiger partial charge in [0, 0.05) is 31.5 Å². The van der Waals surface area contributed by atoms with Crippen LogP contribution in [0.4, 0.5) is 5.69 Å². The molecule has 5 nitrogen and oxygen atoms in total. The number of allylic oxidation sites excluding steroid dienone is 1. The van der Waals surface area contributed by atoms with Gasteiger partial charge in [-0.05, 0) is 33.6 Å². The summed E-state index contributed by atoms with van der Waals surface area (Å²) in [5.41, 5.74) is 7.09. The van der Waals surface area contributed by atoms with E-state index in [4.69, 9.17) is 17.3 Å². The molecule has 1 fully saturated rings. The van der Waals surface area contributed by atoms with Crippen LogP contribution in [0.1, 0.15) is 38.4 Å². The number of aryl methyl sites for hydroxylation is 1. The molecule has 0 aromatic carbocycles. The molecule has 2 N–H and O–H groups in total. The second-order valence-electron chi connectivity index (χ2n) is 5.75. The Hall–Kier alpha value is -1.33. The van der Waals surface area contributed by atoms with Crippen LogP contribution in [0.5, 0.6) is 0 Å². The molecule has 1 saturated heterocycles. The summed E-state index contributed by atoms with van der Waals surface area (Å²) in [5.74, 6) is 0. The molecule has 116 valence electrons. The van der Waals surface area contributed by atoms with Crippen LogP contribution in [0, 0.1) is 6.92 Å². The van der Waals surface area contributed by atoms with E-state index in [9.17, 15) is 0 Å². The zero-order valence-corrected chi connectivity index (χ0v) is 13.7. The van der Waals surface area contributed by atoms with E-state index in [2.05, 4.69) is 33.5 Å². The Kier molecular flexibility index (Phi) is 5.42. The number of nitrogens with two attached hydrogens (primary N) is 1. The van der Waals surface area contributed by atoms with Gasteiger partial charge in [-0.2, -0.15) is 5.10 Å². The minimum Gasteiger partial charge on any atom is -0.403 e. The van der Waals surface area contributed by atoms with Crippen molar-refractivity contribution in [2.24, 2.45) is 10.7 Å². The van der Waals surface area contributed by atoms with Gasteiger partial charge in [0.2, 0.25) is 0 Å². The van der Waals surface area contributed by atoms with Crippen LogP contribution in [0.25, 0.3) is 0 Å². The third-order valence-corrected chi connectivity index (χ3v) is 4.20. The van der Waals surface area contributed by atoms with E-state index in [1.54, 1.807) is 6.21 Å². The summed E-state index contributed by atoms with van der Waals surface area (Å²) in [6, 6.07) is 1.08. The number of nitrogens with zero attached hydrogens (tertiary/aromatic N) is 4. The van der Waals surface area contributed by atoms with Gasteiger partial charge in [0.25, 0.3) is 0 Å². The Morgan fingerprint density at radius 2 is 2.14 bits per heavy atom. The number of aromatic nitrogens is 2. The topological polar surface area (TPSA) is 59.4 Å². The summed E-state index contributed by atoms with van der Waals surface area (Å²) in [6.45, 7) is 8.72. The second kappa shape index (κ2) is 7.09. The molecule has 0 unspecified atom stereocenters. The molecule has 6 heteroatoms. The molecule has 0 radical (unpaired) electrons. The number of piperidine rings is 1. The van der Waals surface area contributed by atoms with E-state index >= 15 is 0 Å². The zero-order valence-electron chi connectivity index (χ0n) is 13.0. The lowest BCUT2D eigenvalue weighted by Crippen LogP contribution is -2.39. The maximum Gasteiger partial charge on any atom is 0.104 e. The molecule has 1 aliphatic heterocycles. The first kappa shape index (κ1) is 16.0. The smallest absolute Gasteiger partial charge is 0.104 e. The third kappa shape index (κ3) is 4.08. The zero-order chi connectivity index (χ0) is 15.4. The third-order valence-electron chi connectivity index (χ3n) is 3.98. The van der Waals surface area contributed by atoms with E-state index in [0.717, 1.165) is 37.3 Å². The van der Waals surface area contributed by atoms with Gasteiger partial charge in [-0.3, -0.25) is 9.67 Å². The summed E-state index contributed by atoms with van der Waals surface area (Å²) >= 11 is 5.82. The van der Waals surface area contributed by atoms with Crippen molar-refractivity contribution in [3.05, 3.63) is 23.1 Å². The molecular formula is C15H24ClN5. The summed E-state index contributed by atoms with van der Waals surface area (Å²) < 4.78 is 2.06. The molecule has 0 amide bonds. The van der Waals surface area contributed by atoms with Crippen LogP contribution in [0.3, 0.4) is 0 Å². The maximum absolute atomic E-state index is 5.82. The van der Waals surface area contributed by atoms with Crippen LogP contribution in [0.2, 0.25) is 0 Å². The van der Waals surface area contributed by atoms with Gasteiger partial charge in [0.1, 0.15) is 5.69 Å². The van der Waals surface area contributed by atoms with Gasteiger partial charge in [-0.1, -0.05) is 11.6 Å². The van der Waals surface area contributed by atoms with Crippen LogP contribution in [-0.4, -0.2) is 40.0 Å². The Morgan fingerprint density at radius 1 is 1.48 bits per heavy atom. The van der Waals surface area contributed by atoms with E-state index in [-0.39, 0.29) is 0 Å². The first-order chi connectivity index (χ1) is 10.0. The van der Waals surface area contributed by atoms with Gasteiger partial charge in [0.15, 0.2) is 0 Å². The Bertz CT molecular complexity index is 524. The fourth-order valence-electron chi connectivity index (χ4n) is 2.63. The van der Waals surface area contributed by atoms with Crippen molar-refractivity contribution in [2.45, 2.75) is 45.7 Å². The molecule has 0 spiro atoms. The van der Waals surface area contributed by atoms with Gasteiger partial charge in [-0.25, -0.2) is 0 Å². The number of aliphatic imine (C=N–C) groups is 1. The molecule has 2 rings (SSSR count). The van der Waals surface area contributed by atoms with Crippen LogP contribution >= 0.6 is 11.6 Å². The van der Waals surface area contributed by atoms with Crippen molar-refractivity contribution < 1.29 is 0 Å². The van der Waals surface area contributed by atoms with Crippen LogP contribution < -0.4 is 5.73 Å². The molecule has 1 aliphatic rings. The molecule has 1 aromatic rings. The highest BCUT2D eigenvalue weighted by Crippen LogP contribution is 2.26. The van der Waals surface area contributed by atoms with Gasteiger partial charge in [-0.15, -0.1) is 0 Å². The predicted octanol–water partition coefficient (Wildman–Crippen LogP) is 2.98. The molecule has 0 aliphatic carbocycles. The highest BCUT2D eigenvalue weighted by atomic mass is 35.5. The Balaban J connectivity index is 2.04. The van der Waals surface area contributed by atoms with Crippen molar-refractivity contribution in [1.82, 2.24) is 14.7 Å². The molecule has 21 heavy (non-hydrogen) atoms. The van der Waals surface area contributed by atoms with Gasteiger partial charge >= 0.3 is 0 Å². The standard InChI is InChI=1S/C15H24ClN5/c1-11(2)20-6-4-14(5-7-20)21-10-15(12(3)19-21)18-9-13(16)8-17/h8-11,14H,4-7,17H2,1-3H3/b13-8-,18-9?. The summed E-state index contributed by atoms with van der Waals surface area (Å²) in [4.78, 5) is 6.85. The largest absolute Gasteiger partial charge is 0.403 e. The average Bonchev–Trinajstić information content (AvgIpc) is 2.86. The summed E-state index contributed by atoms with van der Waals surface area (Å²) in [6.07, 6.45) is 7.14. The highest BCUT2D eigenvalue weighted by Gasteiger charge is 2.23. The van der Waals surface area contributed by atoms with Crippen LogP contribution in [-0.2, 0) is 0 Å². The molecule has 0 atom stereocenters. The summed E-state index contributed by atoms with van der Waals surface area (Å²) in [7, 11) is 0. The average molecular weight is 310 g/mol. The number of halogens is 1. The maximum atomic E-state index is 5.82. The van der Waals surface area contributed by atoms with Crippen molar-refractivity contribution in [1.29, 1.82) is 0 Å².